The topological polar surface area (TPSA) is 9.86 Å². The van der Waals surface area contributed by atoms with Crippen LogP contribution < -0.4 is 0 Å². The predicted octanol–water partition coefficient (Wildman–Crippen LogP) is 10.3. The smallest absolute Gasteiger partial charge is 0.0657 e. The molecular formula is C36H23BrN2. The van der Waals surface area contributed by atoms with Crippen LogP contribution in [0.4, 0.5) is 0 Å². The number of fused-ring (bicyclic) bond motifs is 6. The van der Waals surface area contributed by atoms with Gasteiger partial charge in [-0.2, -0.15) is 0 Å². The molecule has 0 saturated carbocycles. The predicted molar refractivity (Wildman–Crippen MR) is 168 cm³/mol. The van der Waals surface area contributed by atoms with Gasteiger partial charge in [0, 0.05) is 21.5 Å². The molecular weight excluding hydrogens is 540 g/mol. The van der Waals surface area contributed by atoms with E-state index in [0.29, 0.717) is 0 Å². The largest absolute Gasteiger partial charge is 0.308 e. The first-order valence-electron chi connectivity index (χ1n) is 13.2. The van der Waals surface area contributed by atoms with Crippen LogP contribution in [0.3, 0.4) is 0 Å². The molecule has 8 aromatic rings. The molecule has 8 rings (SSSR count). The van der Waals surface area contributed by atoms with Crippen LogP contribution in [0.1, 0.15) is 0 Å². The van der Waals surface area contributed by atoms with E-state index in [1.165, 1.54) is 54.7 Å². The molecule has 2 aromatic heterocycles. The first-order valence-corrected chi connectivity index (χ1v) is 13.9. The van der Waals surface area contributed by atoms with E-state index in [2.05, 4.69) is 165 Å². The summed E-state index contributed by atoms with van der Waals surface area (Å²) in [6, 6.07) is 50.0. The van der Waals surface area contributed by atoms with E-state index in [9.17, 15) is 0 Å². The summed E-state index contributed by atoms with van der Waals surface area (Å²) in [6.07, 6.45) is 0. The zero-order valence-electron chi connectivity index (χ0n) is 21.1. The fourth-order valence-electron chi connectivity index (χ4n) is 6.08. The van der Waals surface area contributed by atoms with Gasteiger partial charge in [0.1, 0.15) is 0 Å². The monoisotopic (exact) mass is 562 g/mol. The fourth-order valence-corrected chi connectivity index (χ4v) is 6.66. The molecule has 0 aliphatic rings. The summed E-state index contributed by atoms with van der Waals surface area (Å²) < 4.78 is 5.86. The Kier molecular flexibility index (Phi) is 5.01. The van der Waals surface area contributed by atoms with Gasteiger partial charge < -0.3 is 9.13 Å². The van der Waals surface area contributed by atoms with Crippen molar-refractivity contribution in [3.8, 4) is 22.5 Å². The average molecular weight is 563 g/mol. The summed E-state index contributed by atoms with van der Waals surface area (Å²) in [6.45, 7) is 0. The lowest BCUT2D eigenvalue weighted by Gasteiger charge is -2.18. The van der Waals surface area contributed by atoms with E-state index in [0.717, 1.165) is 15.8 Å². The summed E-state index contributed by atoms with van der Waals surface area (Å²) in [5.41, 5.74) is 9.36. The fraction of sp³-hybridized carbons (Fsp3) is 0. The second-order valence-electron chi connectivity index (χ2n) is 9.93. The summed E-state index contributed by atoms with van der Waals surface area (Å²) in [5.74, 6) is 0. The first kappa shape index (κ1) is 22.4. The maximum atomic E-state index is 4.13. The molecule has 0 saturated heterocycles. The maximum Gasteiger partial charge on any atom is 0.0657 e. The summed E-state index contributed by atoms with van der Waals surface area (Å²) in [5, 5.41) is 5.01. The van der Waals surface area contributed by atoms with Crippen molar-refractivity contribution in [2.75, 3.05) is 0 Å². The molecule has 0 radical (unpaired) electrons. The van der Waals surface area contributed by atoms with Crippen LogP contribution in [0, 0.1) is 0 Å². The SMILES string of the molecule is Brc1c(-n2c3ccccc3c3ccccc32)cc(-c2ccccc2)cc1-n1c2ccccc2c2ccccc21. The van der Waals surface area contributed by atoms with Gasteiger partial charge in [-0.1, -0.05) is 103 Å². The Morgan fingerprint density at radius 3 is 1.08 bits per heavy atom. The highest BCUT2D eigenvalue weighted by Crippen LogP contribution is 2.42. The number of para-hydroxylation sites is 4. The van der Waals surface area contributed by atoms with Crippen LogP contribution in [-0.2, 0) is 0 Å². The highest BCUT2D eigenvalue weighted by molar-refractivity contribution is 9.10. The minimum Gasteiger partial charge on any atom is -0.308 e. The number of hydrogen-bond donors (Lipinski definition) is 0. The Labute approximate surface area is 234 Å². The number of rotatable bonds is 3. The van der Waals surface area contributed by atoms with Crippen LogP contribution in [0.15, 0.2) is 144 Å². The van der Waals surface area contributed by atoms with Crippen molar-refractivity contribution in [3.63, 3.8) is 0 Å². The quantitative estimate of drug-likeness (QED) is 0.202. The number of nitrogens with zero attached hydrogens (tertiary/aromatic N) is 2. The van der Waals surface area contributed by atoms with Crippen LogP contribution in [-0.4, -0.2) is 9.13 Å². The standard InChI is InChI=1S/C36H23BrN2/c37-36-34(38-30-18-8-4-14-26(30)27-15-5-9-19-31(27)38)22-25(24-12-2-1-3-13-24)23-35(36)39-32-20-10-6-16-28(32)29-17-7-11-21-33(29)39/h1-23H. The Hall–Kier alpha value is -4.60. The number of hydrogen-bond acceptors (Lipinski definition) is 0. The molecule has 0 fully saturated rings. The second kappa shape index (κ2) is 8.72. The molecule has 0 amide bonds. The van der Waals surface area contributed by atoms with Gasteiger partial charge >= 0.3 is 0 Å². The summed E-state index contributed by atoms with van der Waals surface area (Å²) in [7, 11) is 0. The van der Waals surface area contributed by atoms with E-state index in [4.69, 9.17) is 0 Å². The molecule has 0 bridgehead atoms. The average Bonchev–Trinajstić information content (AvgIpc) is 3.51. The van der Waals surface area contributed by atoms with Crippen molar-refractivity contribution in [3.05, 3.63) is 144 Å². The minimum absolute atomic E-state index is 1.06. The van der Waals surface area contributed by atoms with Gasteiger partial charge in [0.2, 0.25) is 0 Å². The third-order valence-electron chi connectivity index (χ3n) is 7.78. The van der Waals surface area contributed by atoms with Crippen molar-refractivity contribution in [2.45, 2.75) is 0 Å². The highest BCUT2D eigenvalue weighted by Gasteiger charge is 2.20. The summed E-state index contributed by atoms with van der Waals surface area (Å²) in [4.78, 5) is 0. The van der Waals surface area contributed by atoms with Gasteiger partial charge in [-0.05, 0) is 63.5 Å². The van der Waals surface area contributed by atoms with E-state index < -0.39 is 0 Å². The lowest BCUT2D eigenvalue weighted by molar-refractivity contribution is 1.12. The van der Waals surface area contributed by atoms with Crippen molar-refractivity contribution < 1.29 is 0 Å². The lowest BCUT2D eigenvalue weighted by Crippen LogP contribution is -2.02. The molecule has 0 spiro atoms. The molecule has 2 nitrogen and oxygen atoms in total. The van der Waals surface area contributed by atoms with E-state index >= 15 is 0 Å². The van der Waals surface area contributed by atoms with Crippen molar-refractivity contribution in [1.82, 2.24) is 9.13 Å². The van der Waals surface area contributed by atoms with Gasteiger partial charge in [-0.15, -0.1) is 0 Å². The Bertz CT molecular complexity index is 1940. The van der Waals surface area contributed by atoms with E-state index in [-0.39, 0.29) is 0 Å². The molecule has 0 unspecified atom stereocenters. The van der Waals surface area contributed by atoms with Gasteiger partial charge in [-0.3, -0.25) is 0 Å². The molecule has 2 heterocycles. The van der Waals surface area contributed by atoms with Crippen LogP contribution in [0.2, 0.25) is 0 Å². The minimum atomic E-state index is 1.06. The summed E-state index contributed by atoms with van der Waals surface area (Å²) >= 11 is 4.13. The number of aromatic nitrogens is 2. The molecule has 3 heteroatoms. The van der Waals surface area contributed by atoms with Crippen LogP contribution >= 0.6 is 15.9 Å². The number of benzene rings is 6. The van der Waals surface area contributed by atoms with E-state index in [1.54, 1.807) is 0 Å². The third kappa shape index (κ3) is 3.33. The van der Waals surface area contributed by atoms with E-state index in [1.807, 2.05) is 0 Å². The van der Waals surface area contributed by atoms with Gasteiger partial charge in [0.05, 0.1) is 37.9 Å². The second-order valence-corrected chi connectivity index (χ2v) is 10.7. The highest BCUT2D eigenvalue weighted by atomic mass is 79.9. The Morgan fingerprint density at radius 1 is 0.359 bits per heavy atom. The maximum absolute atomic E-state index is 4.13. The van der Waals surface area contributed by atoms with Gasteiger partial charge in [0.15, 0.2) is 0 Å². The number of halogens is 1. The molecule has 6 aromatic carbocycles. The molecule has 0 N–H and O–H groups in total. The Morgan fingerprint density at radius 2 is 0.692 bits per heavy atom. The van der Waals surface area contributed by atoms with Gasteiger partial charge in [0.25, 0.3) is 0 Å². The molecule has 0 aliphatic heterocycles. The zero-order chi connectivity index (χ0) is 25.9. The van der Waals surface area contributed by atoms with Crippen molar-refractivity contribution >= 4 is 59.5 Å². The molecule has 39 heavy (non-hydrogen) atoms. The van der Waals surface area contributed by atoms with Crippen molar-refractivity contribution in [1.29, 1.82) is 0 Å². The normalized spacial score (nSPS) is 11.7. The molecule has 0 aliphatic carbocycles. The van der Waals surface area contributed by atoms with Gasteiger partial charge in [-0.25, -0.2) is 0 Å². The zero-order valence-corrected chi connectivity index (χ0v) is 22.6. The van der Waals surface area contributed by atoms with Crippen molar-refractivity contribution in [2.24, 2.45) is 0 Å². The first-order chi connectivity index (χ1) is 19.3. The third-order valence-corrected chi connectivity index (χ3v) is 8.60. The molecule has 0 atom stereocenters. The Balaban J connectivity index is 1.55. The van der Waals surface area contributed by atoms with Crippen LogP contribution in [0.25, 0.3) is 66.1 Å². The van der Waals surface area contributed by atoms with Crippen LogP contribution in [0.5, 0.6) is 0 Å². The molecule has 184 valence electrons. The lowest BCUT2D eigenvalue weighted by atomic mass is 10.0.